The van der Waals surface area contributed by atoms with Crippen LogP contribution >= 0.6 is 0 Å². The maximum atomic E-state index is 14.5. The van der Waals surface area contributed by atoms with E-state index < -0.39 is 34.2 Å². The van der Waals surface area contributed by atoms with Gasteiger partial charge in [-0.2, -0.15) is 0 Å². The molecule has 1 saturated carbocycles. The fourth-order valence-electron chi connectivity index (χ4n) is 7.94. The number of nitro groups is 1. The van der Waals surface area contributed by atoms with Crippen LogP contribution in [-0.2, 0) is 16.0 Å². The number of hydrogen-bond acceptors (Lipinski definition) is 6. The fraction of sp³-hybridized carbons (Fsp3) is 0.444. The van der Waals surface area contributed by atoms with Crippen LogP contribution in [0.25, 0.3) is 0 Å². The highest BCUT2D eigenvalue weighted by atomic mass is 16.6. The zero-order valence-electron chi connectivity index (χ0n) is 20.5. The number of barbiturate groups is 1. The van der Waals surface area contributed by atoms with E-state index in [4.69, 9.17) is 0 Å². The summed E-state index contributed by atoms with van der Waals surface area (Å²) in [4.78, 5) is 55.8. The van der Waals surface area contributed by atoms with Gasteiger partial charge in [-0.1, -0.05) is 39.0 Å². The van der Waals surface area contributed by atoms with Gasteiger partial charge in [0.05, 0.1) is 16.7 Å². The fourth-order valence-corrected chi connectivity index (χ4v) is 7.94. The van der Waals surface area contributed by atoms with Gasteiger partial charge in [-0.05, 0) is 53.9 Å². The molecule has 0 unspecified atom stereocenters. The van der Waals surface area contributed by atoms with Gasteiger partial charge in [0.25, 0.3) is 11.6 Å². The molecule has 3 fully saturated rings. The molecule has 0 radical (unpaired) electrons. The number of anilines is 2. The third-order valence-corrected chi connectivity index (χ3v) is 8.62. The van der Waals surface area contributed by atoms with Crippen molar-refractivity contribution in [3.63, 3.8) is 0 Å². The number of nitro benzene ring substituents is 1. The minimum Gasteiger partial charge on any atom is -0.363 e. The van der Waals surface area contributed by atoms with Crippen LogP contribution in [0.15, 0.2) is 48.5 Å². The number of imide groups is 2. The zero-order valence-corrected chi connectivity index (χ0v) is 20.5. The number of non-ortho nitro benzene ring substituents is 1. The SMILES string of the molecule is CC1(C)C[C@H]2C[C@](C)(C1)[C@@H]1N2c2ccc([N+](=O)[O-])cc2C[C@@]12C(=O)NC(=O)N(c1ccccc1)C2=O. The number of amides is 4. The van der Waals surface area contributed by atoms with E-state index in [1.165, 1.54) is 12.1 Å². The smallest absolute Gasteiger partial charge is 0.335 e. The molecule has 2 aromatic rings. The summed E-state index contributed by atoms with van der Waals surface area (Å²) in [6.45, 7) is 6.57. The average Bonchev–Trinajstić information content (AvgIpc) is 3.03. The van der Waals surface area contributed by atoms with E-state index in [1.54, 1.807) is 36.4 Å². The molecule has 9 heteroatoms. The first-order valence-electron chi connectivity index (χ1n) is 12.3. The van der Waals surface area contributed by atoms with Crippen LogP contribution in [0, 0.1) is 26.4 Å². The average molecular weight is 489 g/mol. The molecular formula is C27H28N4O5. The van der Waals surface area contributed by atoms with Gasteiger partial charge in [0.15, 0.2) is 5.41 Å². The van der Waals surface area contributed by atoms with Crippen LogP contribution in [0.1, 0.15) is 45.6 Å². The topological polar surface area (TPSA) is 113 Å². The number of para-hydroxylation sites is 1. The van der Waals surface area contributed by atoms with Crippen molar-refractivity contribution < 1.29 is 19.3 Å². The molecule has 4 atom stereocenters. The summed E-state index contributed by atoms with van der Waals surface area (Å²) in [5, 5.41) is 14.1. The van der Waals surface area contributed by atoms with Crippen molar-refractivity contribution in [2.24, 2.45) is 16.2 Å². The van der Waals surface area contributed by atoms with Gasteiger partial charge in [0, 0.05) is 30.3 Å². The summed E-state index contributed by atoms with van der Waals surface area (Å²) in [6, 6.07) is 12.1. The Bertz CT molecular complexity index is 1340. The number of urea groups is 1. The Kier molecular flexibility index (Phi) is 4.51. The molecule has 9 nitrogen and oxygen atoms in total. The number of hydrogen-bond donors (Lipinski definition) is 1. The van der Waals surface area contributed by atoms with E-state index >= 15 is 0 Å². The lowest BCUT2D eigenvalue weighted by molar-refractivity contribution is -0.384. The lowest BCUT2D eigenvalue weighted by Gasteiger charge is -2.53. The molecule has 4 amide bonds. The minimum atomic E-state index is -1.60. The second kappa shape index (κ2) is 7.15. The van der Waals surface area contributed by atoms with Crippen LogP contribution in [0.2, 0.25) is 0 Å². The molecule has 3 aliphatic heterocycles. The number of rotatable bonds is 2. The Morgan fingerprint density at radius 1 is 1.03 bits per heavy atom. The van der Waals surface area contributed by atoms with E-state index in [1.807, 2.05) is 0 Å². The van der Waals surface area contributed by atoms with Gasteiger partial charge in [-0.3, -0.25) is 25.0 Å². The first-order valence-corrected chi connectivity index (χ1v) is 12.3. The number of carbonyl (C=O) groups excluding carboxylic acids is 3. The first kappa shape index (κ1) is 22.7. The predicted molar refractivity (Wildman–Crippen MR) is 132 cm³/mol. The summed E-state index contributed by atoms with van der Waals surface area (Å²) < 4.78 is 0. The van der Waals surface area contributed by atoms with Gasteiger partial charge in [-0.25, -0.2) is 9.69 Å². The van der Waals surface area contributed by atoms with Crippen molar-refractivity contribution in [2.45, 2.75) is 58.5 Å². The van der Waals surface area contributed by atoms with Gasteiger partial charge >= 0.3 is 6.03 Å². The number of nitrogens with zero attached hydrogens (tertiary/aromatic N) is 3. The molecule has 186 valence electrons. The van der Waals surface area contributed by atoms with Gasteiger partial charge < -0.3 is 4.90 Å². The van der Waals surface area contributed by atoms with Crippen LogP contribution in [0.3, 0.4) is 0 Å². The number of nitrogens with one attached hydrogen (secondary N) is 1. The highest BCUT2D eigenvalue weighted by molar-refractivity contribution is 6.30. The van der Waals surface area contributed by atoms with E-state index in [-0.39, 0.29) is 29.0 Å². The Labute approximate surface area is 208 Å². The molecule has 3 heterocycles. The molecule has 2 bridgehead atoms. The molecule has 1 spiro atoms. The number of benzene rings is 2. The van der Waals surface area contributed by atoms with E-state index in [9.17, 15) is 24.5 Å². The molecule has 1 N–H and O–H groups in total. The third-order valence-electron chi connectivity index (χ3n) is 8.62. The maximum Gasteiger partial charge on any atom is 0.335 e. The Balaban J connectivity index is 1.60. The predicted octanol–water partition coefficient (Wildman–Crippen LogP) is 4.19. The van der Waals surface area contributed by atoms with Gasteiger partial charge in [0.1, 0.15) is 0 Å². The van der Waals surface area contributed by atoms with Crippen molar-refractivity contribution >= 4 is 34.9 Å². The van der Waals surface area contributed by atoms with Crippen LogP contribution in [-0.4, -0.2) is 34.9 Å². The van der Waals surface area contributed by atoms with E-state index in [0.717, 1.165) is 29.8 Å². The Morgan fingerprint density at radius 3 is 2.44 bits per heavy atom. The van der Waals surface area contributed by atoms with Crippen LogP contribution in [0.4, 0.5) is 21.9 Å². The minimum absolute atomic E-state index is 0.00476. The molecule has 2 saturated heterocycles. The quantitative estimate of drug-likeness (QED) is 0.385. The van der Waals surface area contributed by atoms with Crippen molar-refractivity contribution in [3.05, 3.63) is 64.2 Å². The lowest BCUT2D eigenvalue weighted by atomic mass is 9.56. The number of carbonyl (C=O) groups is 3. The standard InChI is InChI=1S/C27H28N4O5/c1-25(2)13-19-14-26(3,15-25)21-27(12-16-11-18(31(35)36)9-10-20(16)29(19)21)22(32)28-24(34)30(23(27)33)17-7-5-4-6-8-17/h4-11,19,21H,12-15H2,1-3H3,(H,28,32,34)/t19-,21-,26+,27-/m0/s1. The maximum absolute atomic E-state index is 14.5. The summed E-state index contributed by atoms with van der Waals surface area (Å²) in [6.07, 6.45) is 2.50. The zero-order chi connectivity index (χ0) is 25.6. The van der Waals surface area contributed by atoms with Crippen LogP contribution in [0.5, 0.6) is 0 Å². The lowest BCUT2D eigenvalue weighted by Crippen LogP contribution is -2.73. The molecule has 0 aromatic heterocycles. The molecule has 1 aliphatic carbocycles. The molecule has 4 aliphatic rings. The first-order chi connectivity index (χ1) is 17.0. The second-order valence-corrected chi connectivity index (χ2v) is 11.8. The highest BCUT2D eigenvalue weighted by Crippen LogP contribution is 2.64. The second-order valence-electron chi connectivity index (χ2n) is 11.8. The van der Waals surface area contributed by atoms with Crippen molar-refractivity contribution in [1.29, 1.82) is 0 Å². The Hall–Kier alpha value is -3.75. The summed E-state index contributed by atoms with van der Waals surface area (Å²) in [7, 11) is 0. The monoisotopic (exact) mass is 488 g/mol. The molecular weight excluding hydrogens is 460 g/mol. The Morgan fingerprint density at radius 2 is 1.75 bits per heavy atom. The van der Waals surface area contributed by atoms with E-state index in [2.05, 4.69) is 31.0 Å². The van der Waals surface area contributed by atoms with Crippen molar-refractivity contribution in [1.82, 2.24) is 5.32 Å². The summed E-state index contributed by atoms with van der Waals surface area (Å²) in [5.41, 5.74) is -0.269. The third kappa shape index (κ3) is 2.91. The highest BCUT2D eigenvalue weighted by Gasteiger charge is 2.71. The summed E-state index contributed by atoms with van der Waals surface area (Å²) >= 11 is 0. The number of fused-ring (bicyclic) bond motifs is 8. The van der Waals surface area contributed by atoms with Gasteiger partial charge in [-0.15, -0.1) is 0 Å². The van der Waals surface area contributed by atoms with Crippen molar-refractivity contribution in [2.75, 3.05) is 9.80 Å². The largest absolute Gasteiger partial charge is 0.363 e. The van der Waals surface area contributed by atoms with Gasteiger partial charge in [0.2, 0.25) is 5.91 Å². The summed E-state index contributed by atoms with van der Waals surface area (Å²) in [5.74, 6) is -1.19. The normalized spacial score (nSPS) is 32.2. The molecule has 36 heavy (non-hydrogen) atoms. The van der Waals surface area contributed by atoms with Crippen molar-refractivity contribution in [3.8, 4) is 0 Å². The molecule has 2 aromatic carbocycles. The van der Waals surface area contributed by atoms with E-state index in [0.29, 0.717) is 11.3 Å². The molecule has 6 rings (SSSR count). The van der Waals surface area contributed by atoms with Crippen LogP contribution < -0.4 is 15.1 Å².